The summed E-state index contributed by atoms with van der Waals surface area (Å²) in [6, 6.07) is 0. The minimum absolute atomic E-state index is 0.702. The predicted octanol–water partition coefficient (Wildman–Crippen LogP) is 4.38. The minimum Gasteiger partial charge on any atom is -0.276 e. The Morgan fingerprint density at radius 2 is 1.94 bits per heavy atom. The first-order valence-electron chi connectivity index (χ1n) is 6.62. The number of rotatable bonds is 5. The monoisotopic (exact) mass is 224 g/mol. The van der Waals surface area contributed by atoms with Gasteiger partial charge in [-0.3, -0.25) is 4.68 Å². The maximum Gasteiger partial charge on any atom is 0.0524 e. The van der Waals surface area contributed by atoms with E-state index in [1.165, 1.54) is 24.8 Å². The van der Waals surface area contributed by atoms with Crippen LogP contribution in [0.2, 0.25) is 0 Å². The Labute approximate surface area is 101 Å². The van der Waals surface area contributed by atoms with E-state index < -0.39 is 0 Å². The summed E-state index contributed by atoms with van der Waals surface area (Å²) in [7, 11) is 1.99. The summed E-state index contributed by atoms with van der Waals surface area (Å²) in [4.78, 5) is 0. The molecule has 0 amide bonds. The molecule has 1 unspecified atom stereocenters. The zero-order chi connectivity index (χ0) is 12.6. The van der Waals surface area contributed by atoms with Crippen LogP contribution in [0, 0.1) is 5.92 Å². The van der Waals surface area contributed by atoms with Crippen LogP contribution in [0.1, 0.15) is 65.4 Å². The maximum absolute atomic E-state index is 4.24. The topological polar surface area (TPSA) is 17.8 Å². The summed E-state index contributed by atoms with van der Waals surface area (Å²) in [6.45, 7) is 10.8. The van der Waals surface area contributed by atoms with Crippen molar-refractivity contribution in [1.82, 2.24) is 9.78 Å². The molecule has 0 aliphatic heterocycles. The van der Waals surface area contributed by atoms with Crippen molar-refractivity contribution in [3.63, 3.8) is 0 Å². The first-order chi connectivity index (χ1) is 7.63. The van der Waals surface area contributed by atoms with Gasteiger partial charge in [-0.2, -0.15) is 5.10 Å². The lowest BCUT2D eigenvalue weighted by atomic mass is 9.89. The number of aryl methyl sites for hydroxylation is 1. The molecule has 1 heterocycles. The molecule has 1 aromatic rings. The van der Waals surface area contributed by atoms with E-state index in [-0.39, 0.29) is 0 Å². The Bertz CT molecular complexity index is 263. The van der Waals surface area contributed by atoms with Gasteiger partial charge in [-0.05, 0) is 30.2 Å². The largest absolute Gasteiger partial charge is 0.276 e. The second-order valence-corrected chi connectivity index (χ2v) is 4.56. The van der Waals surface area contributed by atoms with Crippen LogP contribution >= 0.6 is 0 Å². The van der Waals surface area contributed by atoms with Crippen molar-refractivity contribution in [3.8, 4) is 0 Å². The van der Waals surface area contributed by atoms with Gasteiger partial charge in [0.05, 0.1) is 6.20 Å². The van der Waals surface area contributed by atoms with Crippen molar-refractivity contribution in [1.29, 1.82) is 0 Å². The third-order valence-electron chi connectivity index (χ3n) is 2.59. The quantitative estimate of drug-likeness (QED) is 0.726. The zero-order valence-electron chi connectivity index (χ0n) is 11.8. The van der Waals surface area contributed by atoms with Crippen molar-refractivity contribution in [3.05, 3.63) is 18.0 Å². The number of aromatic nitrogens is 2. The molecule has 0 saturated heterocycles. The third-order valence-corrected chi connectivity index (χ3v) is 2.59. The van der Waals surface area contributed by atoms with Crippen LogP contribution < -0.4 is 0 Å². The predicted molar refractivity (Wildman–Crippen MR) is 71.7 cm³/mol. The molecule has 0 aliphatic carbocycles. The van der Waals surface area contributed by atoms with Crippen molar-refractivity contribution in [2.75, 3.05) is 0 Å². The van der Waals surface area contributed by atoms with E-state index in [1.807, 2.05) is 31.8 Å². The number of nitrogens with zero attached hydrogens (tertiary/aromatic N) is 2. The Hall–Kier alpha value is -0.790. The fourth-order valence-corrected chi connectivity index (χ4v) is 1.99. The average molecular weight is 224 g/mol. The number of hydrogen-bond acceptors (Lipinski definition) is 1. The second kappa shape index (κ2) is 8.37. The molecule has 2 nitrogen and oxygen atoms in total. The Morgan fingerprint density at radius 1 is 1.31 bits per heavy atom. The fourth-order valence-electron chi connectivity index (χ4n) is 1.99. The van der Waals surface area contributed by atoms with Gasteiger partial charge < -0.3 is 0 Å². The smallest absolute Gasteiger partial charge is 0.0524 e. The first-order valence-corrected chi connectivity index (χ1v) is 6.62. The van der Waals surface area contributed by atoms with E-state index in [2.05, 4.69) is 32.1 Å². The van der Waals surface area contributed by atoms with Crippen molar-refractivity contribution in [2.24, 2.45) is 13.0 Å². The van der Waals surface area contributed by atoms with Gasteiger partial charge in [0.2, 0.25) is 0 Å². The van der Waals surface area contributed by atoms with E-state index in [9.17, 15) is 0 Å². The van der Waals surface area contributed by atoms with Gasteiger partial charge >= 0.3 is 0 Å². The highest BCUT2D eigenvalue weighted by molar-refractivity contribution is 5.11. The highest BCUT2D eigenvalue weighted by atomic mass is 15.2. The molecule has 0 fully saturated rings. The lowest BCUT2D eigenvalue weighted by Gasteiger charge is -2.16. The highest BCUT2D eigenvalue weighted by Crippen LogP contribution is 2.27. The van der Waals surface area contributed by atoms with Gasteiger partial charge in [0.25, 0.3) is 0 Å². The summed E-state index contributed by atoms with van der Waals surface area (Å²) in [6.07, 6.45) is 7.99. The minimum atomic E-state index is 0.702. The SMILES string of the molecule is CC.CCCC(CC(C)C)c1cnn(C)c1. The maximum atomic E-state index is 4.24. The van der Waals surface area contributed by atoms with Crippen molar-refractivity contribution >= 4 is 0 Å². The molecular weight excluding hydrogens is 196 g/mol. The third kappa shape index (κ3) is 5.34. The van der Waals surface area contributed by atoms with Gasteiger partial charge in [0.15, 0.2) is 0 Å². The van der Waals surface area contributed by atoms with Crippen LogP contribution in [0.4, 0.5) is 0 Å². The van der Waals surface area contributed by atoms with Gasteiger partial charge in [-0.25, -0.2) is 0 Å². The summed E-state index contributed by atoms with van der Waals surface area (Å²) in [5.41, 5.74) is 1.41. The lowest BCUT2D eigenvalue weighted by Crippen LogP contribution is -2.02. The molecule has 0 aliphatic rings. The average Bonchev–Trinajstić information content (AvgIpc) is 2.67. The Kier molecular flexibility index (Phi) is 7.96. The van der Waals surface area contributed by atoms with Crippen molar-refractivity contribution in [2.45, 2.75) is 59.8 Å². The molecule has 16 heavy (non-hydrogen) atoms. The first kappa shape index (κ1) is 15.2. The van der Waals surface area contributed by atoms with Crippen LogP contribution in [0.5, 0.6) is 0 Å². The molecule has 0 N–H and O–H groups in total. The van der Waals surface area contributed by atoms with E-state index in [0.717, 1.165) is 5.92 Å². The standard InChI is InChI=1S/C12H22N2.C2H6/c1-5-6-11(7-10(2)3)12-8-13-14(4)9-12;1-2/h8-11H,5-7H2,1-4H3;1-2H3. The molecule has 0 spiro atoms. The summed E-state index contributed by atoms with van der Waals surface area (Å²) >= 11 is 0. The van der Waals surface area contributed by atoms with E-state index in [1.54, 1.807) is 0 Å². The van der Waals surface area contributed by atoms with Gasteiger partial charge in [-0.15, -0.1) is 0 Å². The highest BCUT2D eigenvalue weighted by Gasteiger charge is 2.13. The molecular formula is C14H28N2. The molecule has 1 atom stereocenters. The Morgan fingerprint density at radius 3 is 2.31 bits per heavy atom. The molecule has 1 rings (SSSR count). The van der Waals surface area contributed by atoms with Crippen LogP contribution in [0.15, 0.2) is 12.4 Å². The second-order valence-electron chi connectivity index (χ2n) is 4.56. The van der Waals surface area contributed by atoms with E-state index in [4.69, 9.17) is 0 Å². The summed E-state index contributed by atoms with van der Waals surface area (Å²) in [5, 5.41) is 4.24. The van der Waals surface area contributed by atoms with Crippen LogP contribution in [-0.4, -0.2) is 9.78 Å². The zero-order valence-corrected chi connectivity index (χ0v) is 11.8. The van der Waals surface area contributed by atoms with E-state index in [0.29, 0.717) is 5.92 Å². The summed E-state index contributed by atoms with van der Waals surface area (Å²) in [5.74, 6) is 1.47. The normalized spacial score (nSPS) is 12.2. The molecule has 1 aromatic heterocycles. The van der Waals surface area contributed by atoms with Crippen molar-refractivity contribution < 1.29 is 0 Å². The van der Waals surface area contributed by atoms with Crippen LogP contribution in [-0.2, 0) is 7.05 Å². The molecule has 0 radical (unpaired) electrons. The molecule has 0 bridgehead atoms. The molecule has 94 valence electrons. The summed E-state index contributed by atoms with van der Waals surface area (Å²) < 4.78 is 1.90. The van der Waals surface area contributed by atoms with Gasteiger partial charge in [0, 0.05) is 13.2 Å². The fraction of sp³-hybridized carbons (Fsp3) is 0.786. The molecule has 0 saturated carbocycles. The Balaban J connectivity index is 0.00000106. The number of hydrogen-bond donors (Lipinski definition) is 0. The van der Waals surface area contributed by atoms with Gasteiger partial charge in [-0.1, -0.05) is 41.0 Å². The van der Waals surface area contributed by atoms with Crippen LogP contribution in [0.3, 0.4) is 0 Å². The molecule has 2 heteroatoms. The van der Waals surface area contributed by atoms with E-state index >= 15 is 0 Å². The lowest BCUT2D eigenvalue weighted by molar-refractivity contribution is 0.472. The van der Waals surface area contributed by atoms with Crippen LogP contribution in [0.25, 0.3) is 0 Å². The van der Waals surface area contributed by atoms with Gasteiger partial charge in [0.1, 0.15) is 0 Å². The molecule has 0 aromatic carbocycles.